The molecule has 31 heavy (non-hydrogen) atoms. The van der Waals surface area contributed by atoms with Crippen molar-refractivity contribution in [3.63, 3.8) is 0 Å². The van der Waals surface area contributed by atoms with Gasteiger partial charge in [-0.25, -0.2) is 4.98 Å². The molecule has 1 aliphatic rings. The van der Waals surface area contributed by atoms with Crippen LogP contribution in [-0.4, -0.2) is 38.2 Å². The van der Waals surface area contributed by atoms with Gasteiger partial charge in [-0.3, -0.25) is 15.0 Å². The molecule has 0 atom stereocenters. The fourth-order valence-electron chi connectivity index (χ4n) is 3.88. The number of nitrogens with zero attached hydrogens (tertiary/aromatic N) is 5. The minimum absolute atomic E-state index is 0.204. The molecule has 0 unspecified atom stereocenters. The maximum Gasteiger partial charge on any atom is 0.219 e. The fraction of sp³-hybridized carbons (Fsp3) is 0.250. The number of hydrogen-bond donors (Lipinski definition) is 1. The minimum Gasteiger partial charge on any atom is -0.439 e. The molecule has 0 saturated carbocycles. The normalized spacial score (nSPS) is 15.1. The van der Waals surface area contributed by atoms with E-state index < -0.39 is 0 Å². The van der Waals surface area contributed by atoms with Crippen molar-refractivity contribution in [3.8, 4) is 29.0 Å². The summed E-state index contributed by atoms with van der Waals surface area (Å²) < 4.78 is 5.93. The summed E-state index contributed by atoms with van der Waals surface area (Å²) in [5.74, 6) is 1.46. The van der Waals surface area contributed by atoms with Gasteiger partial charge in [0.2, 0.25) is 5.88 Å². The number of ether oxygens (including phenoxy) is 1. The van der Waals surface area contributed by atoms with Crippen LogP contribution in [0, 0.1) is 17.2 Å². The number of piperidine rings is 1. The summed E-state index contributed by atoms with van der Waals surface area (Å²) in [6, 6.07) is 18.1. The second-order valence-electron chi connectivity index (χ2n) is 7.79. The van der Waals surface area contributed by atoms with Crippen molar-refractivity contribution in [2.45, 2.75) is 19.4 Å². The third-order valence-corrected chi connectivity index (χ3v) is 5.64. The maximum absolute atomic E-state index is 9.05. The number of fused-ring (bicyclic) bond motifs is 1. The van der Waals surface area contributed by atoms with E-state index in [1.54, 1.807) is 12.4 Å². The molecule has 0 aliphatic carbocycles. The molecule has 0 spiro atoms. The second-order valence-corrected chi connectivity index (χ2v) is 7.79. The fourth-order valence-corrected chi connectivity index (χ4v) is 3.88. The number of aromatic nitrogens is 4. The third kappa shape index (κ3) is 4.39. The quantitative estimate of drug-likeness (QED) is 0.519. The molecular weight excluding hydrogens is 388 g/mol. The SMILES string of the molecule is N#CC1CCN(Cc2ccc3cc(Oc4ccc(-c5ccn[nH]5)cn4)ccc3n2)CC1. The Labute approximate surface area is 180 Å². The van der Waals surface area contributed by atoms with Gasteiger partial charge in [-0.2, -0.15) is 10.4 Å². The zero-order chi connectivity index (χ0) is 21.0. The molecule has 0 amide bonds. The van der Waals surface area contributed by atoms with Crippen molar-refractivity contribution in [2.75, 3.05) is 13.1 Å². The van der Waals surface area contributed by atoms with E-state index in [9.17, 15) is 0 Å². The summed E-state index contributed by atoms with van der Waals surface area (Å²) in [5.41, 5.74) is 3.87. The number of H-pyrrole nitrogens is 1. The Hall–Kier alpha value is -3.76. The maximum atomic E-state index is 9.05. The molecule has 1 N–H and O–H groups in total. The van der Waals surface area contributed by atoms with Gasteiger partial charge < -0.3 is 4.74 Å². The average molecular weight is 410 g/mol. The molecule has 4 heterocycles. The summed E-state index contributed by atoms with van der Waals surface area (Å²) >= 11 is 0. The lowest BCUT2D eigenvalue weighted by atomic mass is 9.98. The Morgan fingerprint density at radius 1 is 1.10 bits per heavy atom. The molecule has 3 aromatic heterocycles. The summed E-state index contributed by atoms with van der Waals surface area (Å²) in [5, 5.41) is 17.0. The molecule has 154 valence electrons. The van der Waals surface area contributed by atoms with Crippen molar-refractivity contribution >= 4 is 10.9 Å². The van der Waals surface area contributed by atoms with Crippen LogP contribution in [0.15, 0.2) is 60.9 Å². The highest BCUT2D eigenvalue weighted by Crippen LogP contribution is 2.26. The van der Waals surface area contributed by atoms with Crippen molar-refractivity contribution in [2.24, 2.45) is 5.92 Å². The Bertz CT molecular complexity index is 1210. The molecule has 4 aromatic rings. The van der Waals surface area contributed by atoms with Crippen LogP contribution in [0.1, 0.15) is 18.5 Å². The predicted molar refractivity (Wildman–Crippen MR) is 117 cm³/mol. The van der Waals surface area contributed by atoms with Gasteiger partial charge in [0.25, 0.3) is 0 Å². The number of rotatable bonds is 5. The third-order valence-electron chi connectivity index (χ3n) is 5.64. The van der Waals surface area contributed by atoms with Crippen molar-refractivity contribution in [3.05, 3.63) is 66.6 Å². The summed E-state index contributed by atoms with van der Waals surface area (Å²) in [6.45, 7) is 2.73. The molecular formula is C24H22N6O. The van der Waals surface area contributed by atoms with Crippen LogP contribution in [0.3, 0.4) is 0 Å². The van der Waals surface area contributed by atoms with E-state index >= 15 is 0 Å². The van der Waals surface area contributed by atoms with Gasteiger partial charge in [-0.1, -0.05) is 6.07 Å². The van der Waals surface area contributed by atoms with Gasteiger partial charge in [0.15, 0.2) is 0 Å². The Balaban J connectivity index is 1.26. The molecule has 7 nitrogen and oxygen atoms in total. The lowest BCUT2D eigenvalue weighted by Crippen LogP contribution is -2.33. The first-order valence-corrected chi connectivity index (χ1v) is 10.4. The Morgan fingerprint density at radius 2 is 2.00 bits per heavy atom. The van der Waals surface area contributed by atoms with Crippen LogP contribution in [0.4, 0.5) is 0 Å². The van der Waals surface area contributed by atoms with Gasteiger partial charge in [0.05, 0.1) is 23.0 Å². The smallest absolute Gasteiger partial charge is 0.219 e. The van der Waals surface area contributed by atoms with E-state index in [2.05, 4.69) is 38.3 Å². The molecule has 1 aromatic carbocycles. The largest absolute Gasteiger partial charge is 0.439 e. The zero-order valence-corrected chi connectivity index (χ0v) is 17.0. The van der Waals surface area contributed by atoms with Gasteiger partial charge in [0, 0.05) is 41.9 Å². The number of likely N-dealkylation sites (tertiary alicyclic amines) is 1. The number of hydrogen-bond acceptors (Lipinski definition) is 6. The van der Waals surface area contributed by atoms with Crippen LogP contribution in [0.5, 0.6) is 11.6 Å². The minimum atomic E-state index is 0.204. The summed E-state index contributed by atoms with van der Waals surface area (Å²) in [6.07, 6.45) is 5.37. The van der Waals surface area contributed by atoms with E-state index in [0.29, 0.717) is 5.88 Å². The predicted octanol–water partition coefficient (Wildman–Crippen LogP) is 4.55. The van der Waals surface area contributed by atoms with Crippen molar-refractivity contribution < 1.29 is 4.74 Å². The highest BCUT2D eigenvalue weighted by Gasteiger charge is 2.19. The van der Waals surface area contributed by atoms with Crippen LogP contribution < -0.4 is 4.74 Å². The summed E-state index contributed by atoms with van der Waals surface area (Å²) in [4.78, 5) is 11.6. The first-order valence-electron chi connectivity index (χ1n) is 10.4. The molecule has 0 bridgehead atoms. The van der Waals surface area contributed by atoms with E-state index in [4.69, 9.17) is 15.0 Å². The second kappa shape index (κ2) is 8.54. The molecule has 5 rings (SSSR count). The van der Waals surface area contributed by atoms with Gasteiger partial charge in [-0.15, -0.1) is 0 Å². The number of aromatic amines is 1. The van der Waals surface area contributed by atoms with Gasteiger partial charge in [0.1, 0.15) is 5.75 Å². The number of nitrogens with one attached hydrogen (secondary N) is 1. The van der Waals surface area contributed by atoms with Gasteiger partial charge in [-0.05, 0) is 62.3 Å². The van der Waals surface area contributed by atoms with Gasteiger partial charge >= 0.3 is 0 Å². The number of pyridine rings is 2. The molecule has 0 radical (unpaired) electrons. The topological polar surface area (TPSA) is 90.7 Å². The highest BCUT2D eigenvalue weighted by molar-refractivity contribution is 5.80. The summed E-state index contributed by atoms with van der Waals surface area (Å²) in [7, 11) is 0. The Morgan fingerprint density at radius 3 is 2.74 bits per heavy atom. The molecule has 1 fully saturated rings. The monoisotopic (exact) mass is 410 g/mol. The highest BCUT2D eigenvalue weighted by atomic mass is 16.5. The van der Waals surface area contributed by atoms with Crippen molar-refractivity contribution in [1.29, 1.82) is 5.26 Å². The standard InChI is InChI=1S/C24H22N6O/c25-14-17-8-11-30(12-9-17)16-20-3-1-18-13-21(4-5-22(18)28-20)31-24-6-2-19(15-26-24)23-7-10-27-29-23/h1-7,10,13,15,17H,8-9,11-12,16H2,(H,27,29). The first kappa shape index (κ1) is 19.2. The molecule has 1 aliphatic heterocycles. The number of benzene rings is 1. The molecule has 7 heteroatoms. The van der Waals surface area contributed by atoms with Crippen LogP contribution in [0.25, 0.3) is 22.2 Å². The van der Waals surface area contributed by atoms with E-state index in [0.717, 1.165) is 66.1 Å². The lowest BCUT2D eigenvalue weighted by Gasteiger charge is -2.28. The Kier molecular flexibility index (Phi) is 5.29. The molecule has 1 saturated heterocycles. The van der Waals surface area contributed by atoms with E-state index in [1.807, 2.05) is 36.4 Å². The van der Waals surface area contributed by atoms with Crippen LogP contribution in [0.2, 0.25) is 0 Å². The van der Waals surface area contributed by atoms with E-state index in [-0.39, 0.29) is 5.92 Å². The van der Waals surface area contributed by atoms with Crippen LogP contribution >= 0.6 is 0 Å². The zero-order valence-electron chi connectivity index (χ0n) is 17.0. The first-order chi connectivity index (χ1) is 15.3. The van der Waals surface area contributed by atoms with Crippen molar-refractivity contribution in [1.82, 2.24) is 25.1 Å². The van der Waals surface area contributed by atoms with Crippen LogP contribution in [-0.2, 0) is 6.54 Å². The average Bonchev–Trinajstić information content (AvgIpc) is 3.35. The number of nitriles is 1. The lowest BCUT2D eigenvalue weighted by molar-refractivity contribution is 0.196. The van der Waals surface area contributed by atoms with E-state index in [1.165, 1.54) is 0 Å².